The van der Waals surface area contributed by atoms with Crippen molar-refractivity contribution in [2.24, 2.45) is 0 Å². The van der Waals surface area contributed by atoms with Crippen molar-refractivity contribution in [2.45, 2.75) is 26.2 Å². The largest absolute Gasteiger partial charge is 4.00 e. The number of hydrogen-bond donors (Lipinski definition) is 0. The Balaban J connectivity index is -0.0000000702. The van der Waals surface area contributed by atoms with E-state index >= 15 is 0 Å². The van der Waals surface area contributed by atoms with Gasteiger partial charge in [0, 0.05) is 0 Å². The van der Waals surface area contributed by atoms with Gasteiger partial charge in [0.05, 0.1) is 0 Å². The van der Waals surface area contributed by atoms with Crippen LogP contribution in [0.15, 0.2) is 30.3 Å². The summed E-state index contributed by atoms with van der Waals surface area (Å²) in [6, 6.07) is 10.6. The van der Waals surface area contributed by atoms with E-state index in [-0.39, 0.29) is 21.7 Å². The molecule has 23 heavy (non-hydrogen) atoms. The molecule has 1 rings (SSSR count). The molecule has 0 amide bonds. The molecule has 1 aromatic carbocycles. The van der Waals surface area contributed by atoms with Crippen molar-refractivity contribution >= 4 is 61.9 Å². The molecule has 0 unspecified atom stereocenters. The summed E-state index contributed by atoms with van der Waals surface area (Å²) in [6.07, 6.45) is 0. The first-order valence-electron chi connectivity index (χ1n) is 5.55. The maximum absolute atomic E-state index is 8.46. The molecule has 0 aromatic heterocycles. The maximum Gasteiger partial charge on any atom is 4.00 e. The maximum atomic E-state index is 8.46. The normalized spacial score (nSPS) is 6.39. The van der Waals surface area contributed by atoms with Gasteiger partial charge in [-0.15, -0.1) is 0 Å². The van der Waals surface area contributed by atoms with Gasteiger partial charge in [0.15, 0.2) is 0 Å². The van der Waals surface area contributed by atoms with Crippen molar-refractivity contribution in [1.29, 1.82) is 0 Å². The van der Waals surface area contributed by atoms with Gasteiger partial charge < -0.3 is 0 Å². The molecule has 0 aliphatic rings. The Labute approximate surface area is 176 Å². The Morgan fingerprint density at radius 1 is 0.696 bits per heavy atom. The van der Waals surface area contributed by atoms with Crippen LogP contribution in [0.2, 0.25) is 0 Å². The van der Waals surface area contributed by atoms with Crippen LogP contribution in [0.1, 0.15) is 26.3 Å². The molecule has 0 fully saturated rings. The molecule has 0 aliphatic carbocycles. The van der Waals surface area contributed by atoms with Gasteiger partial charge in [-0.1, -0.05) is 51.1 Å². The van der Waals surface area contributed by atoms with Crippen LogP contribution in [0, 0.1) is 0 Å². The minimum Gasteiger partial charge on any atom is 4.00 e. The molecule has 0 atom stereocenters. The van der Waals surface area contributed by atoms with Crippen LogP contribution in [0.5, 0.6) is 0 Å². The molecule has 0 radical (unpaired) electrons. The summed E-state index contributed by atoms with van der Waals surface area (Å²) in [5, 5.41) is 0. The summed E-state index contributed by atoms with van der Waals surface area (Å²) in [4.78, 5) is 0. The van der Waals surface area contributed by atoms with E-state index in [4.69, 9.17) is 31.8 Å². The van der Waals surface area contributed by atoms with Crippen molar-refractivity contribution in [3.05, 3.63) is 35.9 Å². The summed E-state index contributed by atoms with van der Waals surface area (Å²) in [5.74, 6) is 0. The molecule has 0 saturated carbocycles. The zero-order chi connectivity index (χ0) is 18.4. The molecule has 0 heterocycles. The van der Waals surface area contributed by atoms with Crippen molar-refractivity contribution in [2.75, 3.05) is 0 Å². The molecule has 0 saturated heterocycles. The van der Waals surface area contributed by atoms with Gasteiger partial charge in [-0.25, -0.2) is 0 Å². The van der Waals surface area contributed by atoms with E-state index in [0.29, 0.717) is 5.41 Å². The number of hydrogen-bond acceptors (Lipinski definition) is 8. The second-order valence-electron chi connectivity index (χ2n) is 4.00. The molecule has 8 nitrogen and oxygen atoms in total. The predicted octanol–water partition coefficient (Wildman–Crippen LogP) is -3.77. The molecule has 0 spiro atoms. The van der Waals surface area contributed by atoms with Gasteiger partial charge in [-0.3, -0.25) is 0 Å². The summed E-state index contributed by atoms with van der Waals surface area (Å²) >= 11 is -7.00. The quantitative estimate of drug-likeness (QED) is 0.388. The molecular formula is C10H14Al4O8Ti. The number of rotatable bonds is 0. The summed E-state index contributed by atoms with van der Waals surface area (Å²) < 4.78 is 67.7. The average molecular weight is 418 g/mol. The standard InChI is InChI=1S/C10H14.4Al.8O.Ti/c1-10(2,3)9-7-5-4-6-8-9;;;;;;;;;;;;;/h4-8H,1-3H3;;;;;;;;;;;;;/q;;;;;;;;;4*-1;+4. The zero-order valence-electron chi connectivity index (χ0n) is 13.0. The Morgan fingerprint density at radius 2 is 0.913 bits per heavy atom. The van der Waals surface area contributed by atoms with E-state index < -0.39 is 61.9 Å². The van der Waals surface area contributed by atoms with E-state index in [9.17, 15) is 0 Å². The Morgan fingerprint density at radius 3 is 1.04 bits per heavy atom. The topological polar surface area (TPSA) is 161 Å². The first-order valence-corrected chi connectivity index (χ1v) is 9.32. The van der Waals surface area contributed by atoms with Gasteiger partial charge in [-0.05, 0) is 11.0 Å². The van der Waals surface area contributed by atoms with Gasteiger partial charge in [0.2, 0.25) is 0 Å². The molecule has 0 bridgehead atoms. The second-order valence-corrected chi connectivity index (χ2v) is 4.77. The minimum absolute atomic E-state index is 0. The van der Waals surface area contributed by atoms with Crippen molar-refractivity contribution < 1.29 is 53.6 Å². The van der Waals surface area contributed by atoms with Crippen molar-refractivity contribution in [3.63, 3.8) is 0 Å². The Bertz CT molecular complexity index is 351. The number of benzene rings is 1. The van der Waals surface area contributed by atoms with Crippen LogP contribution in [-0.2, 0) is 42.3 Å². The fraction of sp³-hybridized carbons (Fsp3) is 0.400. The minimum atomic E-state index is -1.75. The third-order valence-corrected chi connectivity index (χ3v) is 1.64. The summed E-state index contributed by atoms with van der Waals surface area (Å²) in [5.41, 5.74) is 1.69. The van der Waals surface area contributed by atoms with E-state index in [0.717, 1.165) is 0 Å². The van der Waals surface area contributed by atoms with E-state index in [1.165, 1.54) is 5.56 Å². The van der Waals surface area contributed by atoms with Gasteiger partial charge in [0.1, 0.15) is 0 Å². The molecule has 1 aromatic rings. The smallest absolute Gasteiger partial charge is 4.00 e. The third kappa shape index (κ3) is 45.0. The molecular weight excluding hydrogens is 404 g/mol. The van der Waals surface area contributed by atoms with Gasteiger partial charge >= 0.3 is 116 Å². The van der Waals surface area contributed by atoms with Crippen LogP contribution < -0.4 is 16.6 Å². The molecule has 118 valence electrons. The second kappa shape index (κ2) is 30.4. The summed E-state index contributed by atoms with van der Waals surface area (Å²) in [6.45, 7) is 6.67. The van der Waals surface area contributed by atoms with Gasteiger partial charge in [-0.2, -0.15) is 0 Å². The summed E-state index contributed by atoms with van der Waals surface area (Å²) in [7, 11) is 0. The van der Waals surface area contributed by atoms with Crippen LogP contribution in [0.4, 0.5) is 0 Å². The molecule has 13 heteroatoms. The van der Waals surface area contributed by atoms with Crippen molar-refractivity contribution in [1.82, 2.24) is 0 Å². The van der Waals surface area contributed by atoms with Crippen molar-refractivity contribution in [3.8, 4) is 0 Å². The molecule has 0 aliphatic heterocycles. The van der Waals surface area contributed by atoms with Crippen LogP contribution in [-0.4, -0.2) is 61.9 Å². The fourth-order valence-electron chi connectivity index (χ4n) is 0.938. The first-order chi connectivity index (χ1) is 10.3. The van der Waals surface area contributed by atoms with Gasteiger partial charge in [0.25, 0.3) is 0 Å². The van der Waals surface area contributed by atoms with Crippen LogP contribution >= 0.6 is 0 Å². The van der Waals surface area contributed by atoms with E-state index in [2.05, 4.69) is 51.1 Å². The van der Waals surface area contributed by atoms with E-state index in [1.807, 2.05) is 0 Å². The van der Waals surface area contributed by atoms with Crippen LogP contribution in [0.3, 0.4) is 0 Å². The monoisotopic (exact) mass is 418 g/mol. The first kappa shape index (κ1) is 34.7. The molecule has 0 N–H and O–H groups in total. The SMILES string of the molecule is CC(C)(C)c1ccccc1.[O]=[Al][O-].[O]=[Al][O-].[O]=[Al][O-].[O]=[Al][O-].[Ti+4]. The van der Waals surface area contributed by atoms with Crippen LogP contribution in [0.25, 0.3) is 0 Å². The predicted molar refractivity (Wildman–Crippen MR) is 70.9 cm³/mol. The third-order valence-electron chi connectivity index (χ3n) is 1.64. The zero-order valence-corrected chi connectivity index (χ0v) is 19.1. The fourth-order valence-corrected chi connectivity index (χ4v) is 0.938. The van der Waals surface area contributed by atoms with E-state index in [1.54, 1.807) is 0 Å². The Hall–Kier alpha value is 0.464. The average Bonchev–Trinajstić information content (AvgIpc) is 2.42. The Kier molecular flexibility index (Phi) is 45.8.